The second-order valence-corrected chi connectivity index (χ2v) is 6.77. The third-order valence-corrected chi connectivity index (χ3v) is 3.81. The van der Waals surface area contributed by atoms with Crippen molar-refractivity contribution in [2.24, 2.45) is 0 Å². The van der Waals surface area contributed by atoms with Crippen molar-refractivity contribution >= 4 is 23.4 Å². The minimum atomic E-state index is -0.256. The van der Waals surface area contributed by atoms with Crippen LogP contribution in [0.2, 0.25) is 5.02 Å². The lowest BCUT2D eigenvalue weighted by Crippen LogP contribution is -2.45. The van der Waals surface area contributed by atoms with Gasteiger partial charge in [-0.25, -0.2) is 0 Å². The van der Waals surface area contributed by atoms with Gasteiger partial charge in [-0.2, -0.15) is 0 Å². The Labute approximate surface area is 135 Å². The zero-order valence-electron chi connectivity index (χ0n) is 13.1. The molecule has 22 heavy (non-hydrogen) atoms. The number of carbonyl (C=O) groups is 2. The fourth-order valence-electron chi connectivity index (χ4n) is 2.43. The highest BCUT2D eigenvalue weighted by Gasteiger charge is 2.36. The highest BCUT2D eigenvalue weighted by atomic mass is 35.5. The lowest BCUT2D eigenvalue weighted by atomic mass is 10.1. The van der Waals surface area contributed by atoms with Gasteiger partial charge in [0.15, 0.2) is 6.61 Å². The lowest BCUT2D eigenvalue weighted by Gasteiger charge is -2.32. The van der Waals surface area contributed by atoms with Crippen LogP contribution in [0.1, 0.15) is 27.2 Å². The number of nitrogens with one attached hydrogen (secondary N) is 1. The molecule has 5 nitrogen and oxygen atoms in total. The Hall–Kier alpha value is -1.75. The van der Waals surface area contributed by atoms with E-state index in [4.69, 9.17) is 16.3 Å². The molecule has 1 saturated heterocycles. The Kier molecular flexibility index (Phi) is 4.96. The first-order valence-corrected chi connectivity index (χ1v) is 7.62. The average Bonchev–Trinajstić information content (AvgIpc) is 2.78. The SMILES string of the molecule is CC(C)(C)N1CC(NC(=O)COc2ccccc2Cl)CC1=O. The highest BCUT2D eigenvalue weighted by molar-refractivity contribution is 6.32. The number of benzene rings is 1. The van der Waals surface area contributed by atoms with Crippen molar-refractivity contribution in [2.75, 3.05) is 13.2 Å². The Bertz CT molecular complexity index is 569. The molecule has 1 aromatic rings. The number of nitrogens with zero attached hydrogens (tertiary/aromatic N) is 1. The second-order valence-electron chi connectivity index (χ2n) is 6.36. The summed E-state index contributed by atoms with van der Waals surface area (Å²) in [5.41, 5.74) is -0.232. The van der Waals surface area contributed by atoms with Crippen molar-refractivity contribution in [3.8, 4) is 5.75 Å². The van der Waals surface area contributed by atoms with Crippen LogP contribution in [0.3, 0.4) is 0 Å². The summed E-state index contributed by atoms with van der Waals surface area (Å²) in [6.45, 7) is 6.35. The summed E-state index contributed by atoms with van der Waals surface area (Å²) < 4.78 is 5.39. The minimum absolute atomic E-state index is 0.0600. The predicted octanol–water partition coefficient (Wildman–Crippen LogP) is 2.23. The summed E-state index contributed by atoms with van der Waals surface area (Å²) >= 11 is 5.96. The molecule has 0 saturated carbocycles. The molecule has 0 spiro atoms. The molecular formula is C16H21ClN2O3. The zero-order valence-corrected chi connectivity index (χ0v) is 13.8. The van der Waals surface area contributed by atoms with Crippen LogP contribution in [-0.4, -0.2) is 41.4 Å². The van der Waals surface area contributed by atoms with Gasteiger partial charge in [0.25, 0.3) is 5.91 Å². The van der Waals surface area contributed by atoms with Crippen LogP contribution >= 0.6 is 11.6 Å². The fourth-order valence-corrected chi connectivity index (χ4v) is 2.62. The van der Waals surface area contributed by atoms with Crippen LogP contribution in [0, 0.1) is 0 Å². The van der Waals surface area contributed by atoms with E-state index < -0.39 is 0 Å². The molecule has 0 bridgehead atoms. The molecule has 0 radical (unpaired) electrons. The number of likely N-dealkylation sites (tertiary alicyclic amines) is 1. The molecule has 1 heterocycles. The molecule has 1 aliphatic heterocycles. The number of para-hydroxylation sites is 1. The maximum Gasteiger partial charge on any atom is 0.258 e. The molecule has 2 rings (SSSR count). The smallest absolute Gasteiger partial charge is 0.258 e. The maximum atomic E-state index is 12.0. The van der Waals surface area contributed by atoms with Gasteiger partial charge in [0.05, 0.1) is 11.1 Å². The molecule has 1 atom stereocenters. The van der Waals surface area contributed by atoms with Gasteiger partial charge >= 0.3 is 0 Å². The first-order chi connectivity index (χ1) is 10.3. The van der Waals surface area contributed by atoms with Crippen LogP contribution < -0.4 is 10.1 Å². The fraction of sp³-hybridized carbons (Fsp3) is 0.500. The summed E-state index contributed by atoms with van der Waals surface area (Å²) in [5, 5.41) is 3.29. The van der Waals surface area contributed by atoms with E-state index in [0.717, 1.165) is 0 Å². The number of rotatable bonds is 4. The van der Waals surface area contributed by atoms with Gasteiger partial charge < -0.3 is 15.0 Å². The summed E-state index contributed by atoms with van der Waals surface area (Å²) in [6.07, 6.45) is 0.328. The van der Waals surface area contributed by atoms with Gasteiger partial charge in [-0.3, -0.25) is 9.59 Å². The Balaban J connectivity index is 1.84. The van der Waals surface area contributed by atoms with Gasteiger partial charge in [-0.15, -0.1) is 0 Å². The number of halogens is 1. The van der Waals surface area contributed by atoms with E-state index in [1.165, 1.54) is 0 Å². The number of hydrogen-bond donors (Lipinski definition) is 1. The summed E-state index contributed by atoms with van der Waals surface area (Å²) in [7, 11) is 0. The Morgan fingerprint density at radius 2 is 2.09 bits per heavy atom. The summed E-state index contributed by atoms with van der Waals surface area (Å²) in [5.74, 6) is 0.274. The number of ether oxygens (including phenoxy) is 1. The van der Waals surface area contributed by atoms with Gasteiger partial charge in [0, 0.05) is 18.5 Å². The van der Waals surface area contributed by atoms with Crippen LogP contribution in [-0.2, 0) is 9.59 Å². The first kappa shape index (κ1) is 16.6. The van der Waals surface area contributed by atoms with Crippen molar-refractivity contribution in [3.05, 3.63) is 29.3 Å². The van der Waals surface area contributed by atoms with Gasteiger partial charge in [0.1, 0.15) is 5.75 Å². The topological polar surface area (TPSA) is 58.6 Å². The van der Waals surface area contributed by atoms with E-state index in [2.05, 4.69) is 5.32 Å². The molecular weight excluding hydrogens is 304 g/mol. The number of carbonyl (C=O) groups excluding carboxylic acids is 2. The van der Waals surface area contributed by atoms with E-state index in [9.17, 15) is 9.59 Å². The Morgan fingerprint density at radius 1 is 1.41 bits per heavy atom. The van der Waals surface area contributed by atoms with Crippen molar-refractivity contribution in [1.82, 2.24) is 10.2 Å². The second kappa shape index (κ2) is 6.57. The quantitative estimate of drug-likeness (QED) is 0.924. The molecule has 0 aromatic heterocycles. The molecule has 1 fully saturated rings. The largest absolute Gasteiger partial charge is 0.482 e. The first-order valence-electron chi connectivity index (χ1n) is 7.24. The predicted molar refractivity (Wildman–Crippen MR) is 85.0 cm³/mol. The monoisotopic (exact) mass is 324 g/mol. The van der Waals surface area contributed by atoms with E-state index in [1.54, 1.807) is 29.2 Å². The molecule has 1 N–H and O–H groups in total. The van der Waals surface area contributed by atoms with Crippen LogP contribution in [0.4, 0.5) is 0 Å². The molecule has 1 aromatic carbocycles. The highest BCUT2D eigenvalue weighted by Crippen LogP contribution is 2.23. The maximum absolute atomic E-state index is 12.0. The molecule has 0 aliphatic carbocycles. The van der Waals surface area contributed by atoms with Gasteiger partial charge in [0.2, 0.25) is 5.91 Å². The molecule has 1 unspecified atom stereocenters. The van der Waals surface area contributed by atoms with Gasteiger partial charge in [-0.05, 0) is 32.9 Å². The molecule has 120 valence electrons. The zero-order chi connectivity index (χ0) is 16.3. The normalized spacial score (nSPS) is 18.5. The van der Waals surface area contributed by atoms with Crippen LogP contribution in [0.15, 0.2) is 24.3 Å². The summed E-state index contributed by atoms with van der Waals surface area (Å²) in [6, 6.07) is 6.81. The number of amides is 2. The van der Waals surface area contributed by atoms with Crippen LogP contribution in [0.25, 0.3) is 0 Å². The van der Waals surface area contributed by atoms with E-state index >= 15 is 0 Å². The van der Waals surface area contributed by atoms with Gasteiger partial charge in [-0.1, -0.05) is 23.7 Å². The average molecular weight is 325 g/mol. The van der Waals surface area contributed by atoms with Crippen molar-refractivity contribution in [2.45, 2.75) is 38.8 Å². The lowest BCUT2D eigenvalue weighted by molar-refractivity contribution is -0.131. The van der Waals surface area contributed by atoms with E-state index in [1.807, 2.05) is 20.8 Å². The van der Waals surface area contributed by atoms with Crippen LogP contribution in [0.5, 0.6) is 5.75 Å². The third kappa shape index (κ3) is 4.13. The van der Waals surface area contributed by atoms with E-state index in [-0.39, 0.29) is 30.0 Å². The Morgan fingerprint density at radius 3 is 2.68 bits per heavy atom. The third-order valence-electron chi connectivity index (χ3n) is 3.50. The standard InChI is InChI=1S/C16H21ClN2O3/c1-16(2,3)19-9-11(8-15(19)21)18-14(20)10-22-13-7-5-4-6-12(13)17/h4-7,11H,8-10H2,1-3H3,(H,18,20). The van der Waals surface area contributed by atoms with E-state index in [0.29, 0.717) is 23.7 Å². The van der Waals surface area contributed by atoms with Crippen molar-refractivity contribution in [1.29, 1.82) is 0 Å². The summed E-state index contributed by atoms with van der Waals surface area (Å²) in [4.78, 5) is 25.7. The molecule has 2 amide bonds. The molecule has 1 aliphatic rings. The molecule has 6 heteroatoms. The number of hydrogen-bond acceptors (Lipinski definition) is 3. The van der Waals surface area contributed by atoms with Crippen molar-refractivity contribution < 1.29 is 14.3 Å². The van der Waals surface area contributed by atoms with Crippen molar-refractivity contribution in [3.63, 3.8) is 0 Å². The minimum Gasteiger partial charge on any atom is -0.482 e.